The lowest BCUT2D eigenvalue weighted by atomic mass is 10.1. The second-order valence-corrected chi connectivity index (χ2v) is 5.62. The molecule has 0 saturated carbocycles. The fourth-order valence-electron chi connectivity index (χ4n) is 2.01. The summed E-state index contributed by atoms with van der Waals surface area (Å²) in [5.74, 6) is -1.32. The van der Waals surface area contributed by atoms with Crippen LogP contribution in [0.5, 0.6) is 0 Å². The van der Waals surface area contributed by atoms with Crippen LogP contribution in [0.25, 0.3) is 0 Å². The van der Waals surface area contributed by atoms with Crippen molar-refractivity contribution in [3.05, 3.63) is 63.6 Å². The summed E-state index contributed by atoms with van der Waals surface area (Å²) in [6.45, 7) is 1.96. The van der Waals surface area contributed by atoms with Crippen molar-refractivity contribution in [2.75, 3.05) is 5.32 Å². The summed E-state index contributed by atoms with van der Waals surface area (Å²) in [5.41, 5.74) is 2.32. The maximum atomic E-state index is 12.1. The number of hydrogen-bond acceptors (Lipinski definition) is 2. The normalized spacial score (nSPS) is 10.2. The van der Waals surface area contributed by atoms with E-state index in [1.807, 2.05) is 31.2 Å². The van der Waals surface area contributed by atoms with Gasteiger partial charge in [-0.15, -0.1) is 0 Å². The minimum absolute atomic E-state index is 0.0655. The van der Waals surface area contributed by atoms with Crippen LogP contribution in [-0.2, 0) is 11.2 Å². The largest absolute Gasteiger partial charge is 0.478 e. The van der Waals surface area contributed by atoms with Crippen molar-refractivity contribution in [1.29, 1.82) is 0 Å². The molecule has 0 atom stereocenters. The highest BCUT2D eigenvalue weighted by Crippen LogP contribution is 2.22. The third-order valence-electron chi connectivity index (χ3n) is 2.93. The Balaban J connectivity index is 2.16. The molecular weight excluding hydrogens is 334 g/mol. The number of benzene rings is 2. The summed E-state index contributed by atoms with van der Waals surface area (Å²) in [4.78, 5) is 23.2. The molecule has 21 heavy (non-hydrogen) atoms. The van der Waals surface area contributed by atoms with Crippen LogP contribution in [0.15, 0.2) is 46.9 Å². The van der Waals surface area contributed by atoms with Crippen LogP contribution in [0.2, 0.25) is 0 Å². The van der Waals surface area contributed by atoms with Gasteiger partial charge in [0, 0.05) is 4.47 Å². The minimum Gasteiger partial charge on any atom is -0.478 e. The summed E-state index contributed by atoms with van der Waals surface area (Å²) in [5, 5.41) is 11.8. The number of aromatic carboxylic acids is 1. The number of carboxylic acids is 1. The van der Waals surface area contributed by atoms with E-state index in [2.05, 4.69) is 21.2 Å². The minimum atomic E-state index is -1.08. The molecule has 0 heterocycles. The number of hydrogen-bond donors (Lipinski definition) is 2. The Hall–Kier alpha value is -2.14. The maximum Gasteiger partial charge on any atom is 0.337 e. The van der Waals surface area contributed by atoms with Crippen molar-refractivity contribution in [3.8, 4) is 0 Å². The van der Waals surface area contributed by atoms with Crippen molar-refractivity contribution in [2.24, 2.45) is 0 Å². The first-order valence-electron chi connectivity index (χ1n) is 6.34. The van der Waals surface area contributed by atoms with E-state index in [1.54, 1.807) is 12.1 Å². The number of amides is 1. The monoisotopic (exact) mass is 347 g/mol. The Morgan fingerprint density at radius 3 is 2.62 bits per heavy atom. The molecule has 2 aromatic carbocycles. The van der Waals surface area contributed by atoms with Crippen molar-refractivity contribution in [3.63, 3.8) is 0 Å². The van der Waals surface area contributed by atoms with Crippen LogP contribution < -0.4 is 5.32 Å². The number of aryl methyl sites for hydroxylation is 1. The van der Waals surface area contributed by atoms with Gasteiger partial charge in [-0.05, 0) is 30.7 Å². The molecule has 0 aromatic heterocycles. The molecule has 2 N–H and O–H groups in total. The standard InChI is InChI=1S/C16H14BrNO3/c1-10-3-2-4-11(7-10)8-15(19)18-14-9-12(17)5-6-13(14)16(20)21/h2-7,9H,8H2,1H3,(H,18,19)(H,20,21). The molecule has 0 aliphatic heterocycles. The number of carbonyl (C=O) groups excluding carboxylic acids is 1. The van der Waals surface area contributed by atoms with Crippen molar-refractivity contribution >= 4 is 33.5 Å². The Bertz CT molecular complexity index is 698. The van der Waals surface area contributed by atoms with Gasteiger partial charge in [0.25, 0.3) is 0 Å². The number of rotatable bonds is 4. The quantitative estimate of drug-likeness (QED) is 0.887. The molecule has 0 radical (unpaired) electrons. The number of halogens is 1. The second kappa shape index (κ2) is 6.54. The van der Waals surface area contributed by atoms with E-state index in [-0.39, 0.29) is 23.6 Å². The highest BCUT2D eigenvalue weighted by molar-refractivity contribution is 9.10. The Morgan fingerprint density at radius 2 is 1.95 bits per heavy atom. The Morgan fingerprint density at radius 1 is 1.19 bits per heavy atom. The van der Waals surface area contributed by atoms with E-state index in [1.165, 1.54) is 6.07 Å². The summed E-state index contributed by atoms with van der Waals surface area (Å²) < 4.78 is 0.707. The maximum absolute atomic E-state index is 12.1. The van der Waals surface area contributed by atoms with Gasteiger partial charge in [0.1, 0.15) is 0 Å². The third kappa shape index (κ3) is 4.16. The van der Waals surface area contributed by atoms with Gasteiger partial charge in [0.2, 0.25) is 5.91 Å². The molecule has 0 spiro atoms. The Kier molecular flexibility index (Phi) is 4.75. The zero-order valence-electron chi connectivity index (χ0n) is 11.4. The van der Waals surface area contributed by atoms with Crippen molar-refractivity contribution in [2.45, 2.75) is 13.3 Å². The highest BCUT2D eigenvalue weighted by atomic mass is 79.9. The van der Waals surface area contributed by atoms with Gasteiger partial charge in [0.15, 0.2) is 0 Å². The average molecular weight is 348 g/mol. The first kappa shape index (κ1) is 15.3. The lowest BCUT2D eigenvalue weighted by Crippen LogP contribution is -2.16. The van der Waals surface area contributed by atoms with Crippen LogP contribution in [0.1, 0.15) is 21.5 Å². The lowest BCUT2D eigenvalue weighted by molar-refractivity contribution is -0.115. The summed E-state index contributed by atoms with van der Waals surface area (Å²) in [6.07, 6.45) is 0.202. The summed E-state index contributed by atoms with van der Waals surface area (Å²) >= 11 is 3.27. The molecule has 0 fully saturated rings. The molecule has 1 amide bonds. The van der Waals surface area contributed by atoms with Crippen LogP contribution in [0, 0.1) is 6.92 Å². The molecule has 0 saturated heterocycles. The van der Waals surface area contributed by atoms with Gasteiger partial charge in [-0.2, -0.15) is 0 Å². The third-order valence-corrected chi connectivity index (χ3v) is 3.43. The van der Waals surface area contributed by atoms with Crippen molar-refractivity contribution in [1.82, 2.24) is 0 Å². The first-order chi connectivity index (χ1) is 9.95. The van der Waals surface area contributed by atoms with Crippen LogP contribution in [-0.4, -0.2) is 17.0 Å². The van der Waals surface area contributed by atoms with Gasteiger partial charge >= 0.3 is 5.97 Å². The molecular formula is C16H14BrNO3. The number of carbonyl (C=O) groups is 2. The average Bonchev–Trinajstić information content (AvgIpc) is 2.38. The number of nitrogens with one attached hydrogen (secondary N) is 1. The smallest absolute Gasteiger partial charge is 0.337 e. The predicted molar refractivity (Wildman–Crippen MR) is 84.6 cm³/mol. The molecule has 4 nitrogen and oxygen atoms in total. The van der Waals surface area contributed by atoms with Gasteiger partial charge in [-0.3, -0.25) is 4.79 Å². The lowest BCUT2D eigenvalue weighted by Gasteiger charge is -2.09. The highest BCUT2D eigenvalue weighted by Gasteiger charge is 2.13. The molecule has 108 valence electrons. The SMILES string of the molecule is Cc1cccc(CC(=O)Nc2cc(Br)ccc2C(=O)O)c1. The molecule has 0 unspecified atom stereocenters. The molecule has 0 aliphatic carbocycles. The zero-order chi connectivity index (χ0) is 15.4. The fraction of sp³-hybridized carbons (Fsp3) is 0.125. The first-order valence-corrected chi connectivity index (χ1v) is 7.13. The number of anilines is 1. The fourth-order valence-corrected chi connectivity index (χ4v) is 2.37. The predicted octanol–water partition coefficient (Wildman–Crippen LogP) is 3.64. The van der Waals surface area contributed by atoms with E-state index in [0.29, 0.717) is 4.47 Å². The van der Waals surface area contributed by atoms with E-state index >= 15 is 0 Å². The topological polar surface area (TPSA) is 66.4 Å². The van der Waals surface area contributed by atoms with Gasteiger partial charge in [0.05, 0.1) is 17.7 Å². The summed E-state index contributed by atoms with van der Waals surface area (Å²) in [6, 6.07) is 12.3. The van der Waals surface area contributed by atoms with Crippen LogP contribution >= 0.6 is 15.9 Å². The zero-order valence-corrected chi connectivity index (χ0v) is 13.0. The van der Waals surface area contributed by atoms with E-state index in [0.717, 1.165) is 11.1 Å². The number of carboxylic acid groups (broad SMARTS) is 1. The molecule has 2 rings (SSSR count). The van der Waals surface area contributed by atoms with Crippen LogP contribution in [0.4, 0.5) is 5.69 Å². The van der Waals surface area contributed by atoms with Gasteiger partial charge in [-0.25, -0.2) is 4.79 Å². The van der Waals surface area contributed by atoms with Crippen LogP contribution in [0.3, 0.4) is 0 Å². The van der Waals surface area contributed by atoms with E-state index in [9.17, 15) is 9.59 Å². The van der Waals surface area contributed by atoms with Gasteiger partial charge < -0.3 is 10.4 Å². The molecule has 0 bridgehead atoms. The van der Waals surface area contributed by atoms with Crippen molar-refractivity contribution < 1.29 is 14.7 Å². The molecule has 5 heteroatoms. The second-order valence-electron chi connectivity index (χ2n) is 4.71. The Labute approximate surface area is 130 Å². The van der Waals surface area contributed by atoms with E-state index < -0.39 is 5.97 Å². The van der Waals surface area contributed by atoms with Gasteiger partial charge in [-0.1, -0.05) is 45.8 Å². The molecule has 2 aromatic rings. The molecule has 0 aliphatic rings. The van der Waals surface area contributed by atoms with E-state index in [4.69, 9.17) is 5.11 Å². The summed E-state index contributed by atoms with van der Waals surface area (Å²) in [7, 11) is 0.